The van der Waals surface area contributed by atoms with Gasteiger partial charge in [0.25, 0.3) is 0 Å². The van der Waals surface area contributed by atoms with Gasteiger partial charge in [-0.15, -0.1) is 0 Å². The quantitative estimate of drug-likeness (QED) is 0.639. The molecule has 3 atom stereocenters. The molecule has 0 aromatic carbocycles. The van der Waals surface area contributed by atoms with Crippen molar-refractivity contribution < 1.29 is 9.16 Å². The number of fused-ring (bicyclic) bond motifs is 2. The van der Waals surface area contributed by atoms with Crippen molar-refractivity contribution in [3.63, 3.8) is 0 Å². The summed E-state index contributed by atoms with van der Waals surface area (Å²) in [4.78, 5) is 0. The summed E-state index contributed by atoms with van der Waals surface area (Å²) in [7, 11) is -1.80. The van der Waals surface area contributed by atoms with Gasteiger partial charge in [0.05, 0.1) is 11.7 Å². The summed E-state index contributed by atoms with van der Waals surface area (Å²) < 4.78 is 13.3. The Balaban J connectivity index is 2.36. The largest absolute Gasteiger partial charge is 0.411 e. The van der Waals surface area contributed by atoms with Crippen molar-refractivity contribution in [2.24, 2.45) is 5.92 Å². The standard InChI is InChI=1S/C19H34O2Si/c1-13(2)15-11-18(8)16(12-19(15,21-18)14(3)4)20-22(9,10)17(5,6)7/h11,14,16H,1,12H2,2-10H3/t16-,18+,19-/m1/s1. The van der Waals surface area contributed by atoms with Crippen molar-refractivity contribution >= 4 is 8.32 Å². The first kappa shape index (κ1) is 18.0. The molecule has 126 valence electrons. The normalized spacial score (nSPS) is 35.2. The highest BCUT2D eigenvalue weighted by Crippen LogP contribution is 2.57. The summed E-state index contributed by atoms with van der Waals surface area (Å²) in [5, 5.41) is 0.219. The first-order chi connectivity index (χ1) is 9.75. The van der Waals surface area contributed by atoms with E-state index in [-0.39, 0.29) is 22.3 Å². The van der Waals surface area contributed by atoms with E-state index in [1.54, 1.807) is 0 Å². The smallest absolute Gasteiger partial charge is 0.192 e. The van der Waals surface area contributed by atoms with E-state index in [1.807, 2.05) is 0 Å². The molecule has 2 bridgehead atoms. The lowest BCUT2D eigenvalue weighted by atomic mass is 9.73. The molecule has 1 fully saturated rings. The zero-order valence-electron chi connectivity index (χ0n) is 16.0. The fourth-order valence-corrected chi connectivity index (χ4v) is 4.90. The van der Waals surface area contributed by atoms with Crippen LogP contribution < -0.4 is 0 Å². The molecular formula is C19H34O2Si. The Hall–Kier alpha value is -0.383. The molecule has 1 saturated heterocycles. The molecule has 0 aromatic rings. The Morgan fingerprint density at radius 1 is 1.41 bits per heavy atom. The van der Waals surface area contributed by atoms with Gasteiger partial charge in [-0.3, -0.25) is 0 Å². The van der Waals surface area contributed by atoms with Crippen molar-refractivity contribution in [3.05, 3.63) is 23.8 Å². The van der Waals surface area contributed by atoms with Gasteiger partial charge in [0.15, 0.2) is 8.32 Å². The molecule has 3 heteroatoms. The van der Waals surface area contributed by atoms with Crippen LogP contribution in [0.4, 0.5) is 0 Å². The van der Waals surface area contributed by atoms with Crippen LogP contribution in [0, 0.1) is 5.92 Å². The van der Waals surface area contributed by atoms with Crippen molar-refractivity contribution in [1.82, 2.24) is 0 Å². The minimum Gasteiger partial charge on any atom is -0.411 e. The Morgan fingerprint density at radius 2 is 1.95 bits per heavy atom. The molecule has 2 aliphatic rings. The Labute approximate surface area is 138 Å². The summed E-state index contributed by atoms with van der Waals surface area (Å²) in [6.45, 7) is 24.5. The van der Waals surface area contributed by atoms with Crippen LogP contribution in [0.1, 0.15) is 54.9 Å². The summed E-state index contributed by atoms with van der Waals surface area (Å²) in [5.41, 5.74) is 1.89. The number of ether oxygens (including phenoxy) is 1. The van der Waals surface area contributed by atoms with Crippen molar-refractivity contribution in [2.75, 3.05) is 0 Å². The number of hydrogen-bond acceptors (Lipinski definition) is 2. The van der Waals surface area contributed by atoms with Gasteiger partial charge in [0.2, 0.25) is 0 Å². The van der Waals surface area contributed by atoms with Crippen LogP contribution in [-0.4, -0.2) is 25.6 Å². The average molecular weight is 323 g/mol. The van der Waals surface area contributed by atoms with Crippen LogP contribution in [0.15, 0.2) is 23.8 Å². The molecule has 0 unspecified atom stereocenters. The second kappa shape index (κ2) is 5.06. The molecule has 0 N–H and O–H groups in total. The maximum Gasteiger partial charge on any atom is 0.192 e. The predicted molar refractivity (Wildman–Crippen MR) is 96.6 cm³/mol. The summed E-state index contributed by atoms with van der Waals surface area (Å²) in [6, 6.07) is 0. The van der Waals surface area contributed by atoms with Gasteiger partial charge in [-0.05, 0) is 49.5 Å². The highest BCUT2D eigenvalue weighted by molar-refractivity contribution is 6.74. The van der Waals surface area contributed by atoms with Gasteiger partial charge in [-0.25, -0.2) is 0 Å². The predicted octanol–water partition coefficient (Wildman–Crippen LogP) is 5.47. The Bertz CT molecular complexity index is 512. The second-order valence-electron chi connectivity index (χ2n) is 9.24. The van der Waals surface area contributed by atoms with E-state index in [0.717, 1.165) is 12.0 Å². The van der Waals surface area contributed by atoms with Crippen LogP contribution >= 0.6 is 0 Å². The third-order valence-electron chi connectivity index (χ3n) is 6.05. The third kappa shape index (κ3) is 2.55. The van der Waals surface area contributed by atoms with Crippen LogP contribution in [0.2, 0.25) is 18.1 Å². The average Bonchev–Trinajstić information content (AvgIpc) is 2.76. The molecule has 2 aliphatic heterocycles. The van der Waals surface area contributed by atoms with E-state index in [9.17, 15) is 0 Å². The van der Waals surface area contributed by atoms with Crippen molar-refractivity contribution in [2.45, 2.75) is 90.3 Å². The fourth-order valence-electron chi connectivity index (χ4n) is 3.51. The van der Waals surface area contributed by atoms with Gasteiger partial charge in [0, 0.05) is 6.42 Å². The number of hydrogen-bond donors (Lipinski definition) is 0. The third-order valence-corrected chi connectivity index (χ3v) is 10.5. The van der Waals surface area contributed by atoms with Gasteiger partial charge < -0.3 is 9.16 Å². The molecule has 2 heterocycles. The summed E-state index contributed by atoms with van der Waals surface area (Å²) in [5.74, 6) is 0.422. The van der Waals surface area contributed by atoms with Gasteiger partial charge in [-0.2, -0.15) is 0 Å². The minimum absolute atomic E-state index is 0.152. The first-order valence-electron chi connectivity index (χ1n) is 8.52. The highest BCUT2D eigenvalue weighted by atomic mass is 28.4. The first-order valence-corrected chi connectivity index (χ1v) is 11.4. The lowest BCUT2D eigenvalue weighted by molar-refractivity contribution is -0.0663. The second-order valence-corrected chi connectivity index (χ2v) is 14.0. The zero-order chi connectivity index (χ0) is 17.1. The van der Waals surface area contributed by atoms with Gasteiger partial charge >= 0.3 is 0 Å². The molecule has 22 heavy (non-hydrogen) atoms. The molecular weight excluding hydrogens is 288 g/mol. The lowest BCUT2D eigenvalue weighted by Crippen LogP contribution is -2.49. The van der Waals surface area contributed by atoms with Crippen LogP contribution in [0.25, 0.3) is 0 Å². The molecule has 0 aliphatic carbocycles. The maximum atomic E-state index is 6.74. The highest BCUT2D eigenvalue weighted by Gasteiger charge is 2.62. The Kier molecular flexibility index (Phi) is 4.13. The van der Waals surface area contributed by atoms with Crippen LogP contribution in [0.5, 0.6) is 0 Å². The van der Waals surface area contributed by atoms with Crippen molar-refractivity contribution in [1.29, 1.82) is 0 Å². The fraction of sp³-hybridized carbons (Fsp3) is 0.789. The molecule has 0 saturated carbocycles. The summed E-state index contributed by atoms with van der Waals surface area (Å²) >= 11 is 0. The molecule has 2 rings (SSSR count). The molecule has 0 aromatic heterocycles. The van der Waals surface area contributed by atoms with E-state index < -0.39 is 8.32 Å². The van der Waals surface area contributed by atoms with Gasteiger partial charge in [0.1, 0.15) is 5.60 Å². The number of rotatable bonds is 4. The summed E-state index contributed by atoms with van der Waals surface area (Å²) in [6.07, 6.45) is 3.39. The van der Waals surface area contributed by atoms with Gasteiger partial charge in [-0.1, -0.05) is 46.8 Å². The van der Waals surface area contributed by atoms with Crippen molar-refractivity contribution in [3.8, 4) is 0 Å². The monoisotopic (exact) mass is 322 g/mol. The topological polar surface area (TPSA) is 18.5 Å². The molecule has 0 spiro atoms. The van der Waals surface area contributed by atoms with E-state index in [0.29, 0.717) is 5.92 Å². The minimum atomic E-state index is -1.80. The van der Waals surface area contributed by atoms with E-state index >= 15 is 0 Å². The zero-order valence-corrected chi connectivity index (χ0v) is 17.0. The SMILES string of the molecule is C=C(C)C1=C[C@]2(C)O[C@@]1(C(C)C)C[C@H]2O[Si](C)(C)C(C)(C)C. The van der Waals surface area contributed by atoms with E-state index in [4.69, 9.17) is 9.16 Å². The lowest BCUT2D eigenvalue weighted by Gasteiger charge is -2.42. The van der Waals surface area contributed by atoms with Crippen LogP contribution in [-0.2, 0) is 9.16 Å². The molecule has 0 radical (unpaired) electrons. The van der Waals surface area contributed by atoms with Crippen LogP contribution in [0.3, 0.4) is 0 Å². The Morgan fingerprint density at radius 3 is 2.36 bits per heavy atom. The molecule has 0 amide bonds. The maximum absolute atomic E-state index is 6.74. The van der Waals surface area contributed by atoms with E-state index in [2.05, 4.69) is 74.2 Å². The van der Waals surface area contributed by atoms with E-state index in [1.165, 1.54) is 5.57 Å². The molecule has 2 nitrogen and oxygen atoms in total.